The largest absolute Gasteiger partial charge is 0.504 e. The molecule has 2 aromatic rings. The number of thiophene rings is 1. The Kier molecular flexibility index (Phi) is 3.30. The molecule has 17 heavy (non-hydrogen) atoms. The molecule has 1 aromatic heterocycles. The number of hydrogen-bond donors (Lipinski definition) is 3. The van der Waals surface area contributed by atoms with Gasteiger partial charge in [0.2, 0.25) is 0 Å². The summed E-state index contributed by atoms with van der Waals surface area (Å²) in [5.74, 6) is -0.817. The molecule has 0 fully saturated rings. The van der Waals surface area contributed by atoms with Gasteiger partial charge in [0.15, 0.2) is 11.5 Å². The number of carbonyl (C=O) groups excluding carboxylic acids is 1. The summed E-state index contributed by atoms with van der Waals surface area (Å²) >= 11 is 1.56. The number of hydrogen-bond acceptors (Lipinski definition) is 4. The fraction of sp³-hybridized carbons (Fsp3) is 0.0833. The molecule has 0 aliphatic rings. The Morgan fingerprint density at radius 1 is 1.24 bits per heavy atom. The van der Waals surface area contributed by atoms with Gasteiger partial charge in [-0.25, -0.2) is 0 Å². The lowest BCUT2D eigenvalue weighted by Crippen LogP contribution is -2.22. The quantitative estimate of drug-likeness (QED) is 0.729. The van der Waals surface area contributed by atoms with Crippen LogP contribution in [0.2, 0.25) is 0 Å². The van der Waals surface area contributed by atoms with Crippen molar-refractivity contribution in [1.29, 1.82) is 0 Å². The maximum absolute atomic E-state index is 11.7. The summed E-state index contributed by atoms with van der Waals surface area (Å²) in [6.45, 7) is 0.456. The lowest BCUT2D eigenvalue weighted by Gasteiger charge is -2.04. The third-order valence-electron chi connectivity index (χ3n) is 2.24. The second kappa shape index (κ2) is 4.88. The third-order valence-corrected chi connectivity index (χ3v) is 3.12. The van der Waals surface area contributed by atoms with Gasteiger partial charge in [0.25, 0.3) is 5.91 Å². The Balaban J connectivity index is 2.02. The van der Waals surface area contributed by atoms with Crippen LogP contribution in [0.5, 0.6) is 11.5 Å². The van der Waals surface area contributed by atoms with Crippen molar-refractivity contribution >= 4 is 17.2 Å². The molecule has 0 atom stereocenters. The van der Waals surface area contributed by atoms with Crippen molar-refractivity contribution in [2.24, 2.45) is 0 Å². The Labute approximate surface area is 102 Å². The van der Waals surface area contributed by atoms with Crippen LogP contribution in [0.4, 0.5) is 0 Å². The minimum atomic E-state index is -0.297. The van der Waals surface area contributed by atoms with Gasteiger partial charge < -0.3 is 15.5 Å². The summed E-state index contributed by atoms with van der Waals surface area (Å²) < 4.78 is 0. The summed E-state index contributed by atoms with van der Waals surface area (Å²) in [6, 6.07) is 7.82. The predicted octanol–water partition coefficient (Wildman–Crippen LogP) is 2.09. The van der Waals surface area contributed by atoms with Crippen molar-refractivity contribution in [3.63, 3.8) is 0 Å². The number of phenols is 2. The highest BCUT2D eigenvalue weighted by atomic mass is 32.1. The normalized spacial score (nSPS) is 10.1. The Morgan fingerprint density at radius 3 is 2.71 bits per heavy atom. The molecule has 0 aliphatic carbocycles. The molecule has 0 bridgehead atoms. The molecule has 1 amide bonds. The van der Waals surface area contributed by atoms with Crippen molar-refractivity contribution in [3.8, 4) is 11.5 Å². The Hall–Kier alpha value is -2.01. The molecule has 0 saturated heterocycles. The van der Waals surface area contributed by atoms with E-state index < -0.39 is 0 Å². The molecule has 2 rings (SSSR count). The average molecular weight is 249 g/mol. The van der Waals surface area contributed by atoms with Crippen molar-refractivity contribution in [3.05, 3.63) is 46.2 Å². The van der Waals surface area contributed by atoms with E-state index >= 15 is 0 Å². The van der Waals surface area contributed by atoms with Crippen molar-refractivity contribution in [1.82, 2.24) is 5.32 Å². The van der Waals surface area contributed by atoms with E-state index in [0.29, 0.717) is 12.1 Å². The first-order valence-electron chi connectivity index (χ1n) is 4.99. The van der Waals surface area contributed by atoms with Gasteiger partial charge in [-0.15, -0.1) is 11.3 Å². The first-order chi connectivity index (χ1) is 8.16. The lowest BCUT2D eigenvalue weighted by molar-refractivity contribution is 0.0951. The topological polar surface area (TPSA) is 69.6 Å². The molecule has 1 heterocycles. The van der Waals surface area contributed by atoms with Gasteiger partial charge in [0.1, 0.15) is 0 Å². The summed E-state index contributed by atoms with van der Waals surface area (Å²) in [7, 11) is 0. The summed E-state index contributed by atoms with van der Waals surface area (Å²) in [5.41, 5.74) is 0.317. The van der Waals surface area contributed by atoms with Crippen LogP contribution in [0, 0.1) is 0 Å². The molecular weight excluding hydrogens is 238 g/mol. The highest BCUT2D eigenvalue weighted by Gasteiger charge is 2.08. The fourth-order valence-electron chi connectivity index (χ4n) is 1.35. The van der Waals surface area contributed by atoms with E-state index in [1.807, 2.05) is 17.5 Å². The summed E-state index contributed by atoms with van der Waals surface area (Å²) in [4.78, 5) is 12.8. The standard InChI is InChI=1S/C12H11NO3S/c14-10-4-3-8(6-11(10)15)12(16)13-7-9-2-1-5-17-9/h1-6,14-15H,7H2,(H,13,16). The predicted molar refractivity (Wildman–Crippen MR) is 65.3 cm³/mol. The molecule has 0 saturated carbocycles. The summed E-state index contributed by atoms with van der Waals surface area (Å²) in [5, 5.41) is 23.1. The van der Waals surface area contributed by atoms with E-state index in [2.05, 4.69) is 5.32 Å². The smallest absolute Gasteiger partial charge is 0.251 e. The van der Waals surface area contributed by atoms with Crippen molar-refractivity contribution in [2.75, 3.05) is 0 Å². The van der Waals surface area contributed by atoms with Crippen molar-refractivity contribution in [2.45, 2.75) is 6.54 Å². The van der Waals surface area contributed by atoms with Gasteiger partial charge in [0, 0.05) is 10.4 Å². The molecule has 1 aromatic carbocycles. The molecule has 88 valence electrons. The zero-order chi connectivity index (χ0) is 12.3. The number of carbonyl (C=O) groups is 1. The number of aromatic hydroxyl groups is 2. The van der Waals surface area contributed by atoms with E-state index in [0.717, 1.165) is 4.88 Å². The lowest BCUT2D eigenvalue weighted by atomic mass is 10.2. The molecule has 4 nitrogen and oxygen atoms in total. The number of benzene rings is 1. The van der Waals surface area contributed by atoms with Gasteiger partial charge in [-0.1, -0.05) is 6.07 Å². The maximum Gasteiger partial charge on any atom is 0.251 e. The number of amides is 1. The van der Waals surface area contributed by atoms with E-state index in [1.165, 1.54) is 18.2 Å². The molecule has 0 unspecified atom stereocenters. The Bertz CT molecular complexity index is 523. The SMILES string of the molecule is O=C(NCc1cccs1)c1ccc(O)c(O)c1. The number of rotatable bonds is 3. The molecule has 3 N–H and O–H groups in total. The molecule has 0 spiro atoms. The summed E-state index contributed by atoms with van der Waals surface area (Å²) in [6.07, 6.45) is 0. The maximum atomic E-state index is 11.7. The van der Waals surface area contributed by atoms with Crippen LogP contribution >= 0.6 is 11.3 Å². The average Bonchev–Trinajstić information content (AvgIpc) is 2.82. The minimum absolute atomic E-state index is 0.236. The first-order valence-corrected chi connectivity index (χ1v) is 5.87. The van der Waals surface area contributed by atoms with Crippen molar-refractivity contribution < 1.29 is 15.0 Å². The van der Waals surface area contributed by atoms with Crippen LogP contribution in [0.15, 0.2) is 35.7 Å². The monoisotopic (exact) mass is 249 g/mol. The van der Waals surface area contributed by atoms with Crippen LogP contribution in [0.1, 0.15) is 15.2 Å². The zero-order valence-corrected chi connectivity index (χ0v) is 9.70. The number of nitrogens with one attached hydrogen (secondary N) is 1. The van der Waals surface area contributed by atoms with Gasteiger partial charge in [-0.2, -0.15) is 0 Å². The molecule has 0 aliphatic heterocycles. The second-order valence-electron chi connectivity index (χ2n) is 3.47. The number of phenolic OH excluding ortho intramolecular Hbond substituents is 2. The van der Waals surface area contributed by atoms with Crippen LogP contribution < -0.4 is 5.32 Å². The van der Waals surface area contributed by atoms with E-state index in [4.69, 9.17) is 5.11 Å². The van der Waals surface area contributed by atoms with Crippen LogP contribution in [-0.2, 0) is 6.54 Å². The van der Waals surface area contributed by atoms with Gasteiger partial charge in [-0.05, 0) is 29.6 Å². The highest BCUT2D eigenvalue weighted by molar-refractivity contribution is 7.09. The van der Waals surface area contributed by atoms with E-state index in [-0.39, 0.29) is 17.4 Å². The van der Waals surface area contributed by atoms with Crippen LogP contribution in [0.3, 0.4) is 0 Å². The minimum Gasteiger partial charge on any atom is -0.504 e. The molecular formula is C12H11NO3S. The van der Waals surface area contributed by atoms with Gasteiger partial charge in [-0.3, -0.25) is 4.79 Å². The van der Waals surface area contributed by atoms with Crippen LogP contribution in [-0.4, -0.2) is 16.1 Å². The van der Waals surface area contributed by atoms with E-state index in [9.17, 15) is 9.90 Å². The third kappa shape index (κ3) is 2.76. The zero-order valence-electron chi connectivity index (χ0n) is 8.88. The van der Waals surface area contributed by atoms with E-state index in [1.54, 1.807) is 11.3 Å². The Morgan fingerprint density at radius 2 is 2.06 bits per heavy atom. The van der Waals surface area contributed by atoms with Crippen LogP contribution in [0.25, 0.3) is 0 Å². The first kappa shape index (κ1) is 11.5. The van der Waals surface area contributed by atoms with Gasteiger partial charge in [0.05, 0.1) is 6.54 Å². The second-order valence-corrected chi connectivity index (χ2v) is 4.50. The molecule has 5 heteroatoms. The highest BCUT2D eigenvalue weighted by Crippen LogP contribution is 2.24. The fourth-order valence-corrected chi connectivity index (χ4v) is 1.99. The van der Waals surface area contributed by atoms with Gasteiger partial charge >= 0.3 is 0 Å². The molecule has 0 radical (unpaired) electrons.